The van der Waals surface area contributed by atoms with Crippen LogP contribution in [0.5, 0.6) is 0 Å². The molecule has 0 aliphatic heterocycles. The largest absolute Gasteiger partial charge is 0.480 e. The molecular formula is C50H84N10O12. The Kier molecular flexibility index (Phi) is 27.8. The standard InChI is InChI=1S/C50H84N10O12/c1-13-30(12)41(49(70)58-39(28(8)9)48(69)54-33(21-25(2)3)43(64)56-36(24-61)46(67)59-40(29(10)11)50(71)72)60-45(66)34(22-26(4)5)53-44(65)35(23-31-17-15-14-16-18-31)55-47(68)38(27(6)7)57-42(63)32(51)19-20-37(52)62/h14-18,25-30,32-36,38-41,61H,13,19-24,51H2,1-12H3,(H2,52,62)(H,53,65)(H,54,69)(H,55,68)(H,56,64)(H,57,63)(H,58,70)(H,59,67)(H,60,66)(H,71,72)/t30-,32-,33-,34-,35-,36-,38-,39-,40-,41-/m0/s1. The summed E-state index contributed by atoms with van der Waals surface area (Å²) in [5, 5.41) is 40.6. The van der Waals surface area contributed by atoms with Crippen molar-refractivity contribution in [3.05, 3.63) is 35.9 Å². The van der Waals surface area contributed by atoms with Crippen LogP contribution >= 0.6 is 0 Å². The number of aliphatic hydroxyl groups excluding tert-OH is 1. The van der Waals surface area contributed by atoms with Gasteiger partial charge in [-0.05, 0) is 60.3 Å². The summed E-state index contributed by atoms with van der Waals surface area (Å²) in [7, 11) is 0. The number of amides is 9. The highest BCUT2D eigenvalue weighted by molar-refractivity contribution is 5.98. The Morgan fingerprint density at radius 1 is 0.500 bits per heavy atom. The summed E-state index contributed by atoms with van der Waals surface area (Å²) in [5.41, 5.74) is 11.8. The third-order valence-corrected chi connectivity index (χ3v) is 12.0. The molecule has 0 aromatic heterocycles. The van der Waals surface area contributed by atoms with Gasteiger partial charge in [0, 0.05) is 12.8 Å². The van der Waals surface area contributed by atoms with Crippen LogP contribution in [0.1, 0.15) is 121 Å². The van der Waals surface area contributed by atoms with Gasteiger partial charge < -0.3 is 64.2 Å². The molecule has 0 radical (unpaired) electrons. The van der Waals surface area contributed by atoms with Gasteiger partial charge in [0.25, 0.3) is 0 Å². The second-order valence-electron chi connectivity index (χ2n) is 20.4. The van der Waals surface area contributed by atoms with E-state index in [1.165, 1.54) is 0 Å². The van der Waals surface area contributed by atoms with Gasteiger partial charge in [-0.15, -0.1) is 0 Å². The van der Waals surface area contributed by atoms with Gasteiger partial charge in [0.2, 0.25) is 53.2 Å². The van der Waals surface area contributed by atoms with Crippen LogP contribution in [-0.4, -0.2) is 130 Å². The van der Waals surface area contributed by atoms with Crippen LogP contribution in [-0.2, 0) is 54.4 Å². The average Bonchev–Trinajstić information content (AvgIpc) is 3.29. The summed E-state index contributed by atoms with van der Waals surface area (Å²) < 4.78 is 0. The van der Waals surface area contributed by atoms with Crippen molar-refractivity contribution in [2.75, 3.05) is 6.61 Å². The number of carboxylic acid groups (broad SMARTS) is 1. The van der Waals surface area contributed by atoms with E-state index < -0.39 is 144 Å². The molecule has 72 heavy (non-hydrogen) atoms. The Hall–Kier alpha value is -6.16. The molecule has 1 aromatic rings. The van der Waals surface area contributed by atoms with Gasteiger partial charge in [-0.2, -0.15) is 0 Å². The molecule has 22 heteroatoms. The van der Waals surface area contributed by atoms with E-state index in [0.29, 0.717) is 12.0 Å². The monoisotopic (exact) mass is 1020 g/mol. The van der Waals surface area contributed by atoms with Gasteiger partial charge in [0.15, 0.2) is 0 Å². The molecule has 1 aromatic carbocycles. The maximum Gasteiger partial charge on any atom is 0.326 e. The van der Waals surface area contributed by atoms with Crippen LogP contribution < -0.4 is 54.0 Å². The maximum atomic E-state index is 14.3. The Labute approximate surface area is 424 Å². The highest BCUT2D eigenvalue weighted by Crippen LogP contribution is 2.15. The Balaban J connectivity index is 3.45. The van der Waals surface area contributed by atoms with E-state index in [4.69, 9.17) is 11.5 Å². The summed E-state index contributed by atoms with van der Waals surface area (Å²) >= 11 is 0. The number of benzene rings is 1. The molecule has 0 heterocycles. The van der Waals surface area contributed by atoms with Crippen molar-refractivity contribution in [3.8, 4) is 0 Å². The Bertz CT molecular complexity index is 1980. The van der Waals surface area contributed by atoms with Crippen molar-refractivity contribution in [3.63, 3.8) is 0 Å². The Morgan fingerprint density at radius 2 is 0.875 bits per heavy atom. The summed E-state index contributed by atoms with van der Waals surface area (Å²) in [4.78, 5) is 133. The van der Waals surface area contributed by atoms with Crippen molar-refractivity contribution in [2.24, 2.45) is 47.0 Å². The summed E-state index contributed by atoms with van der Waals surface area (Å²) in [5.74, 6) is -10.4. The molecular weight excluding hydrogens is 933 g/mol. The van der Waals surface area contributed by atoms with E-state index in [0.717, 1.165) is 0 Å². The highest BCUT2D eigenvalue weighted by Gasteiger charge is 2.37. The molecule has 0 fully saturated rings. The molecule has 0 bridgehead atoms. The van der Waals surface area contributed by atoms with Gasteiger partial charge in [-0.1, -0.05) is 120 Å². The van der Waals surface area contributed by atoms with Gasteiger partial charge >= 0.3 is 5.97 Å². The minimum absolute atomic E-state index is 0.00951. The van der Waals surface area contributed by atoms with E-state index in [9.17, 15) is 58.2 Å². The lowest BCUT2D eigenvalue weighted by Crippen LogP contribution is -2.62. The van der Waals surface area contributed by atoms with E-state index >= 15 is 0 Å². The van der Waals surface area contributed by atoms with Crippen LogP contribution in [0.4, 0.5) is 0 Å². The number of carboxylic acids is 1. The summed E-state index contributed by atoms with van der Waals surface area (Å²) in [6, 6.07) is -2.55. The first kappa shape index (κ1) is 63.9. The Morgan fingerprint density at radius 3 is 1.31 bits per heavy atom. The quantitative estimate of drug-likeness (QED) is 0.0449. The zero-order valence-corrected chi connectivity index (χ0v) is 44.1. The van der Waals surface area contributed by atoms with E-state index in [1.54, 1.807) is 99.6 Å². The van der Waals surface area contributed by atoms with Crippen LogP contribution in [0, 0.1) is 35.5 Å². The third kappa shape index (κ3) is 22.1. The summed E-state index contributed by atoms with van der Waals surface area (Å²) in [6.07, 6.45) is 0.383. The maximum absolute atomic E-state index is 14.3. The van der Waals surface area contributed by atoms with Gasteiger partial charge in [0.05, 0.1) is 12.6 Å². The minimum Gasteiger partial charge on any atom is -0.480 e. The predicted octanol–water partition coefficient (Wildman–Crippen LogP) is -0.117. The average molecular weight is 1020 g/mol. The number of hydrogen-bond donors (Lipinski definition) is 12. The lowest BCUT2D eigenvalue weighted by atomic mass is 9.95. The number of hydrogen-bond acceptors (Lipinski definition) is 12. The van der Waals surface area contributed by atoms with Crippen LogP contribution in [0.2, 0.25) is 0 Å². The molecule has 0 aliphatic carbocycles. The molecule has 0 spiro atoms. The van der Waals surface area contributed by atoms with Crippen LogP contribution in [0.15, 0.2) is 30.3 Å². The fraction of sp³-hybridized carbons (Fsp3) is 0.680. The van der Waals surface area contributed by atoms with E-state index in [1.807, 2.05) is 13.8 Å². The lowest BCUT2D eigenvalue weighted by Gasteiger charge is -2.31. The fourth-order valence-corrected chi connectivity index (χ4v) is 7.45. The van der Waals surface area contributed by atoms with Crippen LogP contribution in [0.25, 0.3) is 0 Å². The minimum atomic E-state index is -1.55. The SMILES string of the molecule is CC[C@H](C)[C@H](NC(=O)[C@H](CC(C)C)NC(=O)[C@H](Cc1ccccc1)NC(=O)[C@@H](NC(=O)[C@@H](N)CCC(N)=O)C(C)C)C(=O)N[C@H](C(=O)N[C@@H](CC(C)C)C(=O)N[C@@H](CO)C(=O)N[C@H](C(=O)O)C(C)C)C(C)C. The molecule has 1 rings (SSSR count). The predicted molar refractivity (Wildman–Crippen MR) is 270 cm³/mol. The molecule has 0 saturated heterocycles. The smallest absolute Gasteiger partial charge is 0.326 e. The lowest BCUT2D eigenvalue weighted by molar-refractivity contribution is -0.144. The number of rotatable bonds is 32. The second kappa shape index (κ2) is 31.3. The van der Waals surface area contributed by atoms with Crippen molar-refractivity contribution in [1.82, 2.24) is 42.5 Å². The zero-order chi connectivity index (χ0) is 55.2. The normalized spacial score (nSPS) is 15.7. The molecule has 9 amide bonds. The molecule has 10 atom stereocenters. The molecule has 0 saturated carbocycles. The molecule has 22 nitrogen and oxygen atoms in total. The highest BCUT2D eigenvalue weighted by atomic mass is 16.4. The third-order valence-electron chi connectivity index (χ3n) is 12.0. The van der Waals surface area contributed by atoms with Crippen molar-refractivity contribution in [1.29, 1.82) is 0 Å². The fourth-order valence-electron chi connectivity index (χ4n) is 7.45. The molecule has 0 aliphatic rings. The van der Waals surface area contributed by atoms with Crippen LogP contribution in [0.3, 0.4) is 0 Å². The van der Waals surface area contributed by atoms with Crippen molar-refractivity contribution < 1.29 is 58.2 Å². The first-order valence-electron chi connectivity index (χ1n) is 24.9. The number of aliphatic hydroxyl groups is 1. The topological polar surface area (TPSA) is 359 Å². The van der Waals surface area contributed by atoms with Crippen molar-refractivity contribution >= 4 is 59.1 Å². The number of carbonyl (C=O) groups excluding carboxylic acids is 9. The number of primary amides is 1. The van der Waals surface area contributed by atoms with Gasteiger partial charge in [0.1, 0.15) is 48.3 Å². The summed E-state index contributed by atoms with van der Waals surface area (Å²) in [6.45, 7) is 19.7. The zero-order valence-electron chi connectivity index (χ0n) is 44.1. The first-order valence-corrected chi connectivity index (χ1v) is 24.9. The van der Waals surface area contributed by atoms with E-state index in [2.05, 4.69) is 42.5 Å². The number of aliphatic carboxylic acids is 1. The van der Waals surface area contributed by atoms with Gasteiger partial charge in [-0.25, -0.2) is 4.79 Å². The van der Waals surface area contributed by atoms with E-state index in [-0.39, 0.29) is 43.9 Å². The van der Waals surface area contributed by atoms with Gasteiger partial charge in [-0.3, -0.25) is 43.2 Å². The molecule has 406 valence electrons. The number of nitrogens with one attached hydrogen (secondary N) is 8. The number of nitrogens with two attached hydrogens (primary N) is 2. The first-order chi connectivity index (χ1) is 33.5. The number of carbonyl (C=O) groups is 10. The molecule has 0 unspecified atom stereocenters. The second-order valence-corrected chi connectivity index (χ2v) is 20.4. The molecule has 14 N–H and O–H groups in total. The van der Waals surface area contributed by atoms with Crippen molar-refractivity contribution in [2.45, 2.75) is 176 Å².